The van der Waals surface area contributed by atoms with Crippen molar-refractivity contribution < 1.29 is 9.15 Å². The number of aliphatic imine (C=N–C) groups is 1. The van der Waals surface area contributed by atoms with Gasteiger partial charge >= 0.3 is 0 Å². The monoisotopic (exact) mass is 320 g/mol. The summed E-state index contributed by atoms with van der Waals surface area (Å²) in [5.41, 5.74) is 0. The van der Waals surface area contributed by atoms with Crippen LogP contribution in [0.15, 0.2) is 27.8 Å². The van der Waals surface area contributed by atoms with Gasteiger partial charge in [0.25, 0.3) is 0 Å². The summed E-state index contributed by atoms with van der Waals surface area (Å²) in [4.78, 5) is 9.74. The Morgan fingerprint density at radius 2 is 2.22 bits per heavy atom. The molecule has 0 radical (unpaired) electrons. The molecule has 3 rings (SSSR count). The molecule has 2 aliphatic heterocycles. The highest BCUT2D eigenvalue weighted by atomic mass is 16.5. The van der Waals surface area contributed by atoms with Gasteiger partial charge in [-0.25, -0.2) is 0 Å². The summed E-state index contributed by atoms with van der Waals surface area (Å²) in [6, 6.07) is 4.57. The molecule has 1 unspecified atom stereocenters. The molecule has 0 bridgehead atoms. The van der Waals surface area contributed by atoms with Gasteiger partial charge in [0.05, 0.1) is 19.5 Å². The van der Waals surface area contributed by atoms with Gasteiger partial charge in [-0.3, -0.25) is 9.89 Å². The molecule has 0 amide bonds. The molecule has 6 nitrogen and oxygen atoms in total. The lowest BCUT2D eigenvalue weighted by molar-refractivity contribution is 0.0195. The molecule has 3 heterocycles. The fraction of sp³-hybridized carbons (Fsp3) is 0.706. The van der Waals surface area contributed by atoms with E-state index in [0.29, 0.717) is 6.04 Å². The smallest absolute Gasteiger partial charge is 0.193 e. The van der Waals surface area contributed by atoms with Gasteiger partial charge < -0.3 is 19.4 Å². The lowest BCUT2D eigenvalue weighted by Crippen LogP contribution is -2.46. The normalized spacial score (nSPS) is 23.4. The lowest BCUT2D eigenvalue weighted by Gasteiger charge is -2.32. The minimum Gasteiger partial charge on any atom is -0.469 e. The van der Waals surface area contributed by atoms with E-state index in [1.54, 1.807) is 6.26 Å². The molecule has 0 saturated carbocycles. The summed E-state index contributed by atoms with van der Waals surface area (Å²) in [5, 5.41) is 3.43. The fourth-order valence-electron chi connectivity index (χ4n) is 3.33. The highest BCUT2D eigenvalue weighted by Gasteiger charge is 2.30. The SMILES string of the molecule is CCNC(=NCCc1ccco1)N1CCC(N2CCOCC2)C1. The van der Waals surface area contributed by atoms with Gasteiger partial charge in [0.1, 0.15) is 5.76 Å². The highest BCUT2D eigenvalue weighted by molar-refractivity contribution is 5.80. The molecule has 6 heteroatoms. The number of likely N-dealkylation sites (tertiary alicyclic amines) is 1. The van der Waals surface area contributed by atoms with Crippen molar-refractivity contribution in [2.24, 2.45) is 4.99 Å². The Kier molecular flexibility index (Phi) is 5.93. The van der Waals surface area contributed by atoms with Gasteiger partial charge in [0.15, 0.2) is 5.96 Å². The van der Waals surface area contributed by atoms with Crippen molar-refractivity contribution in [1.29, 1.82) is 0 Å². The number of morpholine rings is 1. The topological polar surface area (TPSA) is 53.2 Å². The summed E-state index contributed by atoms with van der Waals surface area (Å²) >= 11 is 0. The number of guanidine groups is 1. The summed E-state index contributed by atoms with van der Waals surface area (Å²) in [7, 11) is 0. The Bertz CT molecular complexity index is 483. The molecule has 1 aromatic rings. The summed E-state index contributed by atoms with van der Waals surface area (Å²) < 4.78 is 10.8. The zero-order valence-electron chi connectivity index (χ0n) is 14.0. The second-order valence-electron chi connectivity index (χ2n) is 6.10. The third-order valence-corrected chi connectivity index (χ3v) is 4.56. The van der Waals surface area contributed by atoms with Crippen LogP contribution >= 0.6 is 0 Å². The average Bonchev–Trinajstić information content (AvgIpc) is 3.27. The van der Waals surface area contributed by atoms with Crippen LogP contribution in [0.25, 0.3) is 0 Å². The molecule has 2 fully saturated rings. The van der Waals surface area contributed by atoms with Gasteiger partial charge in [-0.15, -0.1) is 0 Å². The maximum atomic E-state index is 5.46. The van der Waals surface area contributed by atoms with Crippen molar-refractivity contribution in [1.82, 2.24) is 15.1 Å². The number of nitrogens with zero attached hydrogens (tertiary/aromatic N) is 3. The van der Waals surface area contributed by atoms with E-state index >= 15 is 0 Å². The Hall–Kier alpha value is -1.53. The fourth-order valence-corrected chi connectivity index (χ4v) is 3.33. The first-order valence-electron chi connectivity index (χ1n) is 8.74. The predicted molar refractivity (Wildman–Crippen MR) is 90.8 cm³/mol. The summed E-state index contributed by atoms with van der Waals surface area (Å²) in [6.45, 7) is 9.78. The number of furan rings is 1. The van der Waals surface area contributed by atoms with Crippen LogP contribution in [0.5, 0.6) is 0 Å². The highest BCUT2D eigenvalue weighted by Crippen LogP contribution is 2.17. The Labute approximate surface area is 138 Å². The van der Waals surface area contributed by atoms with E-state index < -0.39 is 0 Å². The molecule has 0 aromatic carbocycles. The molecule has 128 valence electrons. The van der Waals surface area contributed by atoms with Gasteiger partial charge in [-0.2, -0.15) is 0 Å². The molecular formula is C17H28N4O2. The van der Waals surface area contributed by atoms with E-state index in [0.717, 1.165) is 70.6 Å². The minimum absolute atomic E-state index is 0.632. The molecule has 2 aliphatic rings. The van der Waals surface area contributed by atoms with Gasteiger partial charge in [0.2, 0.25) is 0 Å². The lowest BCUT2D eigenvalue weighted by atomic mass is 10.2. The molecule has 23 heavy (non-hydrogen) atoms. The number of ether oxygens (including phenoxy) is 1. The number of nitrogens with one attached hydrogen (secondary N) is 1. The first-order chi connectivity index (χ1) is 11.4. The third-order valence-electron chi connectivity index (χ3n) is 4.56. The van der Waals surface area contributed by atoms with Crippen LogP contribution in [0.3, 0.4) is 0 Å². The molecular weight excluding hydrogens is 292 g/mol. The third kappa shape index (κ3) is 4.48. The molecule has 1 atom stereocenters. The Balaban J connectivity index is 1.53. The first kappa shape index (κ1) is 16.3. The number of hydrogen-bond donors (Lipinski definition) is 1. The maximum Gasteiger partial charge on any atom is 0.193 e. The van der Waals surface area contributed by atoms with Crippen LogP contribution in [0, 0.1) is 0 Å². The zero-order valence-corrected chi connectivity index (χ0v) is 14.0. The molecule has 0 aliphatic carbocycles. The maximum absolute atomic E-state index is 5.46. The van der Waals surface area contributed by atoms with Crippen molar-refractivity contribution in [3.63, 3.8) is 0 Å². The molecule has 0 spiro atoms. The van der Waals surface area contributed by atoms with E-state index in [2.05, 4.69) is 22.0 Å². The summed E-state index contributed by atoms with van der Waals surface area (Å²) in [6.07, 6.45) is 3.78. The Morgan fingerprint density at radius 3 is 2.96 bits per heavy atom. The van der Waals surface area contributed by atoms with Crippen molar-refractivity contribution in [2.75, 3.05) is 52.5 Å². The van der Waals surface area contributed by atoms with E-state index in [-0.39, 0.29) is 0 Å². The Morgan fingerprint density at radius 1 is 1.35 bits per heavy atom. The molecule has 1 N–H and O–H groups in total. The summed E-state index contributed by atoms with van der Waals surface area (Å²) in [5.74, 6) is 2.03. The van der Waals surface area contributed by atoms with Crippen LogP contribution < -0.4 is 5.32 Å². The zero-order chi connectivity index (χ0) is 15.9. The van der Waals surface area contributed by atoms with Crippen LogP contribution in [0.1, 0.15) is 19.1 Å². The van der Waals surface area contributed by atoms with E-state index in [9.17, 15) is 0 Å². The van der Waals surface area contributed by atoms with Crippen molar-refractivity contribution in [3.05, 3.63) is 24.2 Å². The van der Waals surface area contributed by atoms with Crippen LogP contribution in [0.4, 0.5) is 0 Å². The number of hydrogen-bond acceptors (Lipinski definition) is 4. The van der Waals surface area contributed by atoms with Crippen molar-refractivity contribution in [2.45, 2.75) is 25.8 Å². The van der Waals surface area contributed by atoms with Gasteiger partial charge in [-0.05, 0) is 25.5 Å². The predicted octanol–water partition coefficient (Wildman–Crippen LogP) is 1.19. The second kappa shape index (κ2) is 8.36. The second-order valence-corrected chi connectivity index (χ2v) is 6.10. The number of rotatable bonds is 5. The van der Waals surface area contributed by atoms with Crippen molar-refractivity contribution in [3.8, 4) is 0 Å². The standard InChI is InChI=1S/C17H28N4O2/c1-2-18-17(19-7-5-16-4-3-11-23-16)21-8-6-15(14-21)20-9-12-22-13-10-20/h3-4,11,15H,2,5-10,12-14H2,1H3,(H,18,19). The van der Waals surface area contributed by atoms with Gasteiger partial charge in [0, 0.05) is 51.7 Å². The van der Waals surface area contributed by atoms with Crippen LogP contribution in [0.2, 0.25) is 0 Å². The van der Waals surface area contributed by atoms with E-state index in [1.165, 1.54) is 6.42 Å². The van der Waals surface area contributed by atoms with Crippen LogP contribution in [-0.4, -0.2) is 74.3 Å². The van der Waals surface area contributed by atoms with Gasteiger partial charge in [-0.1, -0.05) is 0 Å². The van der Waals surface area contributed by atoms with E-state index in [1.807, 2.05) is 12.1 Å². The largest absolute Gasteiger partial charge is 0.469 e. The van der Waals surface area contributed by atoms with Crippen molar-refractivity contribution >= 4 is 5.96 Å². The molecule has 2 saturated heterocycles. The van der Waals surface area contributed by atoms with E-state index in [4.69, 9.17) is 14.1 Å². The van der Waals surface area contributed by atoms with Crippen LogP contribution in [-0.2, 0) is 11.2 Å². The molecule has 1 aromatic heterocycles. The minimum atomic E-state index is 0.632. The quantitative estimate of drug-likeness (QED) is 0.652. The average molecular weight is 320 g/mol. The first-order valence-corrected chi connectivity index (χ1v) is 8.74.